The number of nitrogens with two attached hydrogens (primary N) is 1. The molecule has 0 amide bonds. The number of para-hydroxylation sites is 1. The van der Waals surface area contributed by atoms with Crippen LogP contribution in [0.1, 0.15) is 31.4 Å². The van der Waals surface area contributed by atoms with Crippen LogP contribution in [0.25, 0.3) is 10.9 Å². The molecular formula is C14H17F3N2. The Balaban J connectivity index is 2.67. The fourth-order valence-electron chi connectivity index (χ4n) is 2.37. The molecule has 0 saturated heterocycles. The molecular weight excluding hydrogens is 253 g/mol. The Kier molecular flexibility index (Phi) is 3.58. The number of nitrogens with zero attached hydrogens (tertiary/aromatic N) is 1. The van der Waals surface area contributed by atoms with E-state index < -0.39 is 18.6 Å². The van der Waals surface area contributed by atoms with Crippen LogP contribution in [-0.2, 0) is 0 Å². The average molecular weight is 270 g/mol. The van der Waals surface area contributed by atoms with Gasteiger partial charge in [-0.1, -0.05) is 18.2 Å². The maximum Gasteiger partial charge on any atom is 0.397 e. The summed E-state index contributed by atoms with van der Waals surface area (Å²) in [6, 6.07) is 7.24. The smallest absolute Gasteiger partial charge is 0.345 e. The van der Waals surface area contributed by atoms with Crippen LogP contribution in [-0.4, -0.2) is 17.3 Å². The van der Waals surface area contributed by atoms with Crippen molar-refractivity contribution in [2.45, 2.75) is 32.0 Å². The molecule has 0 aliphatic heterocycles. The van der Waals surface area contributed by atoms with Crippen molar-refractivity contribution in [2.24, 2.45) is 5.73 Å². The van der Waals surface area contributed by atoms with E-state index in [1.54, 1.807) is 18.3 Å². The van der Waals surface area contributed by atoms with E-state index in [0.29, 0.717) is 5.39 Å². The Morgan fingerprint density at radius 1 is 1.21 bits per heavy atom. The van der Waals surface area contributed by atoms with Crippen molar-refractivity contribution in [3.8, 4) is 0 Å². The maximum atomic E-state index is 13.1. The zero-order chi connectivity index (χ0) is 14.2. The van der Waals surface area contributed by atoms with E-state index in [1.807, 2.05) is 30.5 Å². The molecule has 2 aromatic rings. The van der Waals surface area contributed by atoms with Crippen molar-refractivity contribution in [1.29, 1.82) is 0 Å². The van der Waals surface area contributed by atoms with Crippen molar-refractivity contribution in [3.63, 3.8) is 0 Å². The van der Waals surface area contributed by atoms with E-state index >= 15 is 0 Å². The van der Waals surface area contributed by atoms with Crippen molar-refractivity contribution < 1.29 is 13.2 Å². The first-order valence-corrected chi connectivity index (χ1v) is 6.22. The van der Waals surface area contributed by atoms with Gasteiger partial charge in [0.1, 0.15) is 0 Å². The third-order valence-corrected chi connectivity index (χ3v) is 3.33. The zero-order valence-electron chi connectivity index (χ0n) is 10.9. The van der Waals surface area contributed by atoms with E-state index in [4.69, 9.17) is 5.73 Å². The number of hydrogen-bond donors (Lipinski definition) is 1. The number of fused-ring (bicyclic) bond motifs is 1. The highest BCUT2D eigenvalue weighted by molar-refractivity contribution is 5.84. The summed E-state index contributed by atoms with van der Waals surface area (Å²) in [6.07, 6.45) is -2.74. The molecule has 0 unspecified atom stereocenters. The van der Waals surface area contributed by atoms with Crippen LogP contribution < -0.4 is 5.73 Å². The van der Waals surface area contributed by atoms with Crippen LogP contribution in [0.15, 0.2) is 30.5 Å². The van der Waals surface area contributed by atoms with Crippen LogP contribution in [0.2, 0.25) is 0 Å². The quantitative estimate of drug-likeness (QED) is 0.903. The summed E-state index contributed by atoms with van der Waals surface area (Å²) in [4.78, 5) is 0. The molecule has 19 heavy (non-hydrogen) atoms. The third-order valence-electron chi connectivity index (χ3n) is 3.33. The van der Waals surface area contributed by atoms with E-state index in [9.17, 15) is 13.2 Å². The molecule has 0 aliphatic carbocycles. The number of halogens is 3. The molecule has 0 aliphatic rings. The average Bonchev–Trinajstić information content (AvgIpc) is 2.68. The molecule has 2 nitrogen and oxygen atoms in total. The van der Waals surface area contributed by atoms with Crippen LogP contribution in [0.4, 0.5) is 13.2 Å². The van der Waals surface area contributed by atoms with E-state index in [0.717, 1.165) is 5.52 Å². The predicted octanol–water partition coefficient (Wildman–Crippen LogP) is 3.83. The minimum atomic E-state index is -4.32. The van der Waals surface area contributed by atoms with E-state index in [2.05, 4.69) is 0 Å². The molecule has 0 radical (unpaired) electrons. The van der Waals surface area contributed by atoms with Gasteiger partial charge >= 0.3 is 6.18 Å². The Morgan fingerprint density at radius 3 is 2.37 bits per heavy atom. The summed E-state index contributed by atoms with van der Waals surface area (Å²) in [6.45, 7) is 3.46. The van der Waals surface area contributed by atoms with Crippen molar-refractivity contribution in [2.75, 3.05) is 6.54 Å². The molecule has 2 N–H and O–H groups in total. The normalized spacial score (nSPS) is 14.3. The van der Waals surface area contributed by atoms with Gasteiger partial charge < -0.3 is 10.3 Å². The number of rotatable bonds is 3. The molecule has 0 fully saturated rings. The van der Waals surface area contributed by atoms with Crippen molar-refractivity contribution >= 4 is 10.9 Å². The first kappa shape index (κ1) is 13.9. The lowest BCUT2D eigenvalue weighted by molar-refractivity contribution is -0.147. The van der Waals surface area contributed by atoms with E-state index in [-0.39, 0.29) is 11.6 Å². The fourth-order valence-corrected chi connectivity index (χ4v) is 2.37. The summed E-state index contributed by atoms with van der Waals surface area (Å²) >= 11 is 0. The van der Waals surface area contributed by atoms with E-state index in [1.165, 1.54) is 0 Å². The van der Waals surface area contributed by atoms with Gasteiger partial charge in [-0.15, -0.1) is 0 Å². The lowest BCUT2D eigenvalue weighted by atomic mass is 9.98. The van der Waals surface area contributed by atoms with Crippen LogP contribution in [0.5, 0.6) is 0 Å². The molecule has 1 heterocycles. The van der Waals surface area contributed by atoms with Gasteiger partial charge in [0.05, 0.1) is 5.92 Å². The topological polar surface area (TPSA) is 30.9 Å². The Bertz CT molecular complexity index is 570. The second kappa shape index (κ2) is 4.89. The van der Waals surface area contributed by atoms with Gasteiger partial charge in [-0.05, 0) is 25.5 Å². The van der Waals surface area contributed by atoms with Gasteiger partial charge in [0.2, 0.25) is 0 Å². The SMILES string of the molecule is CC(C)n1cc([C@@H](CN)C(F)(F)F)c2ccccc21. The minimum absolute atomic E-state index is 0.102. The molecule has 0 spiro atoms. The molecule has 0 bridgehead atoms. The van der Waals surface area contributed by atoms with Gasteiger partial charge in [-0.3, -0.25) is 0 Å². The second-order valence-corrected chi connectivity index (χ2v) is 4.93. The lowest BCUT2D eigenvalue weighted by Crippen LogP contribution is -2.27. The van der Waals surface area contributed by atoms with Gasteiger partial charge in [-0.2, -0.15) is 13.2 Å². The second-order valence-electron chi connectivity index (χ2n) is 4.93. The highest BCUT2D eigenvalue weighted by Crippen LogP contribution is 2.38. The maximum absolute atomic E-state index is 13.1. The first-order valence-electron chi connectivity index (χ1n) is 6.22. The van der Waals surface area contributed by atoms with Gasteiger partial charge in [0.25, 0.3) is 0 Å². The minimum Gasteiger partial charge on any atom is -0.345 e. The van der Waals surface area contributed by atoms with Crippen molar-refractivity contribution in [1.82, 2.24) is 4.57 Å². The highest BCUT2D eigenvalue weighted by atomic mass is 19.4. The first-order chi connectivity index (χ1) is 8.86. The molecule has 5 heteroatoms. The van der Waals surface area contributed by atoms with Crippen LogP contribution in [0.3, 0.4) is 0 Å². The summed E-state index contributed by atoms with van der Waals surface area (Å²) < 4.78 is 41.0. The predicted molar refractivity (Wildman–Crippen MR) is 70.2 cm³/mol. The summed E-state index contributed by atoms with van der Waals surface area (Å²) in [5, 5.41) is 0.629. The summed E-state index contributed by atoms with van der Waals surface area (Å²) in [5.74, 6) is -1.61. The molecule has 2 rings (SSSR count). The number of alkyl halides is 3. The summed E-state index contributed by atoms with van der Waals surface area (Å²) in [5.41, 5.74) is 6.42. The number of benzene rings is 1. The van der Waals surface area contributed by atoms with Gasteiger partial charge in [-0.25, -0.2) is 0 Å². The van der Waals surface area contributed by atoms with Crippen LogP contribution >= 0.6 is 0 Å². The van der Waals surface area contributed by atoms with Gasteiger partial charge in [0.15, 0.2) is 0 Å². The monoisotopic (exact) mass is 270 g/mol. The highest BCUT2D eigenvalue weighted by Gasteiger charge is 2.41. The Morgan fingerprint density at radius 2 is 1.84 bits per heavy atom. The van der Waals surface area contributed by atoms with Crippen molar-refractivity contribution in [3.05, 3.63) is 36.0 Å². The molecule has 1 aromatic carbocycles. The summed E-state index contributed by atoms with van der Waals surface area (Å²) in [7, 11) is 0. The van der Waals surface area contributed by atoms with Crippen LogP contribution in [0, 0.1) is 0 Å². The standard InChI is InChI=1S/C14H17F3N2/c1-9(2)19-8-11(12(7-18)14(15,16)17)10-5-3-4-6-13(10)19/h3-6,8-9,12H,7,18H2,1-2H3/t12-/m1/s1. The zero-order valence-corrected chi connectivity index (χ0v) is 10.9. The molecule has 1 aromatic heterocycles. The number of aromatic nitrogens is 1. The Labute approximate surface area is 110 Å². The Hall–Kier alpha value is -1.49. The number of hydrogen-bond acceptors (Lipinski definition) is 1. The molecule has 104 valence electrons. The lowest BCUT2D eigenvalue weighted by Gasteiger charge is -2.18. The third kappa shape index (κ3) is 2.47. The molecule has 0 saturated carbocycles. The fraction of sp³-hybridized carbons (Fsp3) is 0.429. The molecule has 1 atom stereocenters. The largest absolute Gasteiger partial charge is 0.397 e. The van der Waals surface area contributed by atoms with Gasteiger partial charge in [0, 0.05) is 29.7 Å².